The summed E-state index contributed by atoms with van der Waals surface area (Å²) in [6.45, 7) is 5.88. The van der Waals surface area contributed by atoms with Gasteiger partial charge in [0.25, 0.3) is 5.91 Å². The van der Waals surface area contributed by atoms with E-state index in [0.717, 1.165) is 31.2 Å². The number of amides is 2. The van der Waals surface area contributed by atoms with Crippen molar-refractivity contribution in [3.05, 3.63) is 77.7 Å². The Morgan fingerprint density at radius 3 is 2.69 bits per heavy atom. The van der Waals surface area contributed by atoms with Crippen LogP contribution in [0.25, 0.3) is 11.0 Å². The Bertz CT molecular complexity index is 1390. The van der Waals surface area contributed by atoms with Gasteiger partial charge in [-0.05, 0) is 87.1 Å². The molecule has 5 rings (SSSR count). The molecule has 2 amide bonds. The number of fused-ring (bicyclic) bond motifs is 2. The van der Waals surface area contributed by atoms with Gasteiger partial charge < -0.3 is 9.73 Å². The normalized spacial score (nSPS) is 14.0. The summed E-state index contributed by atoms with van der Waals surface area (Å²) in [6.07, 6.45) is 5.34. The highest BCUT2D eigenvalue weighted by Crippen LogP contribution is 2.33. The van der Waals surface area contributed by atoms with Crippen molar-refractivity contribution in [1.82, 2.24) is 20.3 Å². The number of nitrogens with zero attached hydrogens (tertiary/aromatic N) is 4. The van der Waals surface area contributed by atoms with Crippen LogP contribution in [0.15, 0.2) is 65.3 Å². The van der Waals surface area contributed by atoms with Crippen molar-refractivity contribution in [3.8, 4) is 0 Å². The number of anilines is 1. The lowest BCUT2D eigenvalue weighted by Crippen LogP contribution is -2.51. The summed E-state index contributed by atoms with van der Waals surface area (Å²) < 4.78 is 7.30. The number of carbonyl (C=O) groups is 2. The molecule has 1 atom stereocenters. The standard InChI is InChI=1S/C28H31N5O3/c1-4-28(2,3)29-27(35)26(24-13-8-16-36-24)33(21-15-14-19-9-7-10-20(19)17-21)25(34)18-32-23-12-6-5-11-22(23)30-31-32/h5-6,8,11-17,26H,4,7,9-10,18H2,1-3H3,(H,29,35)/t26-/m0/s1. The van der Waals surface area contributed by atoms with E-state index in [1.807, 2.05) is 57.2 Å². The molecule has 2 aromatic carbocycles. The van der Waals surface area contributed by atoms with Crippen LogP contribution in [0.1, 0.15) is 56.5 Å². The van der Waals surface area contributed by atoms with Crippen LogP contribution in [0.2, 0.25) is 0 Å². The zero-order valence-electron chi connectivity index (χ0n) is 20.9. The van der Waals surface area contributed by atoms with Gasteiger partial charge in [0.1, 0.15) is 17.8 Å². The SMILES string of the molecule is CCC(C)(C)NC(=O)[C@H](c1ccco1)N(C(=O)Cn1nnc2ccccc21)c1ccc2c(c1)CCC2. The third-order valence-corrected chi connectivity index (χ3v) is 7.00. The quantitative estimate of drug-likeness (QED) is 0.394. The molecule has 2 heterocycles. The Labute approximate surface area is 210 Å². The largest absolute Gasteiger partial charge is 0.467 e. The van der Waals surface area contributed by atoms with Crippen molar-refractivity contribution >= 4 is 28.5 Å². The van der Waals surface area contributed by atoms with E-state index in [4.69, 9.17) is 4.42 Å². The second-order valence-corrected chi connectivity index (χ2v) is 9.95. The number of carbonyl (C=O) groups excluding carboxylic acids is 2. The van der Waals surface area contributed by atoms with Crippen LogP contribution in [-0.2, 0) is 29.0 Å². The van der Waals surface area contributed by atoms with Crippen LogP contribution in [0.4, 0.5) is 5.69 Å². The number of hydrogen-bond acceptors (Lipinski definition) is 5. The Balaban J connectivity index is 1.58. The molecule has 186 valence electrons. The van der Waals surface area contributed by atoms with Crippen molar-refractivity contribution in [3.63, 3.8) is 0 Å². The fourth-order valence-corrected chi connectivity index (χ4v) is 4.69. The lowest BCUT2D eigenvalue weighted by molar-refractivity contribution is -0.128. The molecule has 0 radical (unpaired) electrons. The summed E-state index contributed by atoms with van der Waals surface area (Å²) in [4.78, 5) is 29.4. The minimum absolute atomic E-state index is 0.0702. The van der Waals surface area contributed by atoms with Crippen molar-refractivity contribution in [2.45, 2.75) is 64.6 Å². The molecule has 8 heteroatoms. The predicted octanol–water partition coefficient (Wildman–Crippen LogP) is 4.59. The molecule has 0 bridgehead atoms. The molecular formula is C28H31N5O3. The average molecular weight is 486 g/mol. The van der Waals surface area contributed by atoms with E-state index in [1.165, 1.54) is 17.4 Å². The molecule has 8 nitrogen and oxygen atoms in total. The Morgan fingerprint density at radius 2 is 1.92 bits per heavy atom. The maximum Gasteiger partial charge on any atom is 0.251 e. The molecule has 0 aliphatic heterocycles. The first kappa shape index (κ1) is 23.8. The van der Waals surface area contributed by atoms with Crippen LogP contribution in [-0.4, -0.2) is 32.3 Å². The third-order valence-electron chi connectivity index (χ3n) is 7.00. The summed E-state index contributed by atoms with van der Waals surface area (Å²) in [5.41, 5.74) is 4.18. The van der Waals surface area contributed by atoms with Crippen LogP contribution in [0.5, 0.6) is 0 Å². The second kappa shape index (κ2) is 9.60. The lowest BCUT2D eigenvalue weighted by Gasteiger charge is -2.33. The molecule has 36 heavy (non-hydrogen) atoms. The van der Waals surface area contributed by atoms with E-state index in [9.17, 15) is 9.59 Å². The molecule has 1 aliphatic carbocycles. The highest BCUT2D eigenvalue weighted by atomic mass is 16.3. The van der Waals surface area contributed by atoms with E-state index in [-0.39, 0.29) is 18.4 Å². The van der Waals surface area contributed by atoms with Gasteiger partial charge in [0.2, 0.25) is 5.91 Å². The fraction of sp³-hybridized carbons (Fsp3) is 0.357. The van der Waals surface area contributed by atoms with E-state index in [1.54, 1.807) is 21.7 Å². The number of nitrogens with one attached hydrogen (secondary N) is 1. The van der Waals surface area contributed by atoms with Crippen molar-refractivity contribution < 1.29 is 14.0 Å². The zero-order chi connectivity index (χ0) is 25.3. The van der Waals surface area contributed by atoms with Gasteiger partial charge in [-0.25, -0.2) is 4.68 Å². The fourth-order valence-electron chi connectivity index (χ4n) is 4.69. The van der Waals surface area contributed by atoms with Crippen LogP contribution < -0.4 is 10.2 Å². The maximum atomic E-state index is 14.0. The summed E-state index contributed by atoms with van der Waals surface area (Å²) in [7, 11) is 0. The van der Waals surface area contributed by atoms with Gasteiger partial charge in [0.05, 0.1) is 11.8 Å². The van der Waals surface area contributed by atoms with Gasteiger partial charge in [-0.2, -0.15) is 0 Å². The maximum absolute atomic E-state index is 14.0. The van der Waals surface area contributed by atoms with E-state index in [2.05, 4.69) is 21.7 Å². The number of para-hydroxylation sites is 1. The second-order valence-electron chi connectivity index (χ2n) is 9.95. The average Bonchev–Trinajstić information content (AvgIpc) is 3.63. The molecule has 0 saturated carbocycles. The first-order valence-corrected chi connectivity index (χ1v) is 12.4. The number of furan rings is 1. The van der Waals surface area contributed by atoms with Gasteiger partial charge >= 0.3 is 0 Å². The molecule has 0 fully saturated rings. The van der Waals surface area contributed by atoms with Gasteiger partial charge in [-0.3, -0.25) is 14.5 Å². The summed E-state index contributed by atoms with van der Waals surface area (Å²) in [6, 6.07) is 16.0. The summed E-state index contributed by atoms with van der Waals surface area (Å²) in [5.74, 6) is -0.180. The van der Waals surface area contributed by atoms with Crippen LogP contribution >= 0.6 is 0 Å². The molecule has 1 N–H and O–H groups in total. The molecular weight excluding hydrogens is 454 g/mol. The number of benzene rings is 2. The molecule has 1 aliphatic rings. The summed E-state index contributed by atoms with van der Waals surface area (Å²) >= 11 is 0. The molecule has 4 aromatic rings. The van der Waals surface area contributed by atoms with Crippen molar-refractivity contribution in [2.75, 3.05) is 4.90 Å². The van der Waals surface area contributed by atoms with Crippen LogP contribution in [0.3, 0.4) is 0 Å². The molecule has 0 unspecified atom stereocenters. The number of aryl methyl sites for hydroxylation is 2. The van der Waals surface area contributed by atoms with E-state index >= 15 is 0 Å². The predicted molar refractivity (Wildman–Crippen MR) is 137 cm³/mol. The van der Waals surface area contributed by atoms with Crippen molar-refractivity contribution in [2.24, 2.45) is 0 Å². The highest BCUT2D eigenvalue weighted by molar-refractivity contribution is 6.01. The van der Waals surface area contributed by atoms with E-state index < -0.39 is 11.6 Å². The van der Waals surface area contributed by atoms with E-state index in [0.29, 0.717) is 17.0 Å². The monoisotopic (exact) mass is 485 g/mol. The highest BCUT2D eigenvalue weighted by Gasteiger charge is 2.37. The molecule has 0 spiro atoms. The minimum Gasteiger partial charge on any atom is -0.467 e. The first-order chi connectivity index (χ1) is 17.4. The third kappa shape index (κ3) is 4.63. The van der Waals surface area contributed by atoms with Gasteiger partial charge in [0, 0.05) is 11.2 Å². The smallest absolute Gasteiger partial charge is 0.251 e. The summed E-state index contributed by atoms with van der Waals surface area (Å²) in [5, 5.41) is 11.5. The lowest BCUT2D eigenvalue weighted by atomic mass is 10.00. The number of hydrogen-bond donors (Lipinski definition) is 1. The Morgan fingerprint density at radius 1 is 1.11 bits per heavy atom. The number of aromatic nitrogens is 3. The number of rotatable bonds is 8. The first-order valence-electron chi connectivity index (χ1n) is 12.4. The Kier molecular flexibility index (Phi) is 6.35. The zero-order valence-corrected chi connectivity index (χ0v) is 20.9. The molecule has 0 saturated heterocycles. The van der Waals surface area contributed by atoms with Crippen molar-refractivity contribution in [1.29, 1.82) is 0 Å². The minimum atomic E-state index is -0.979. The van der Waals surface area contributed by atoms with Gasteiger partial charge in [-0.1, -0.05) is 30.3 Å². The molecule has 2 aromatic heterocycles. The van der Waals surface area contributed by atoms with Gasteiger partial charge in [0.15, 0.2) is 6.04 Å². The van der Waals surface area contributed by atoms with Crippen LogP contribution in [0, 0.1) is 0 Å². The topological polar surface area (TPSA) is 93.3 Å². The Hall–Kier alpha value is -3.94. The van der Waals surface area contributed by atoms with Gasteiger partial charge in [-0.15, -0.1) is 5.10 Å².